The molecule has 0 saturated heterocycles. The second kappa shape index (κ2) is 8.85. The summed E-state index contributed by atoms with van der Waals surface area (Å²) < 4.78 is 26.4. The first-order chi connectivity index (χ1) is 10.8. The van der Waals surface area contributed by atoms with E-state index in [0.717, 1.165) is 0 Å². The number of likely N-dealkylation sites (N-methyl/N-ethyl adjacent to an activating group) is 1. The van der Waals surface area contributed by atoms with Crippen LogP contribution in [0.4, 0.5) is 0 Å². The molecule has 0 fully saturated rings. The summed E-state index contributed by atoms with van der Waals surface area (Å²) in [6.07, 6.45) is -0.0899. The second-order valence-corrected chi connectivity index (χ2v) is 6.90. The number of rotatable bonds is 8. The van der Waals surface area contributed by atoms with Crippen LogP contribution in [-0.2, 0) is 19.6 Å². The molecule has 128 valence electrons. The molecule has 23 heavy (non-hydrogen) atoms. The maximum Gasteiger partial charge on any atom is 0.242 e. The largest absolute Gasteiger partial charge is 0.355 e. The first-order valence-electron chi connectivity index (χ1n) is 7.09. The van der Waals surface area contributed by atoms with Crippen LogP contribution in [-0.4, -0.2) is 39.4 Å². The van der Waals surface area contributed by atoms with Gasteiger partial charge in [0.2, 0.25) is 21.8 Å². The van der Waals surface area contributed by atoms with Gasteiger partial charge in [-0.05, 0) is 26.0 Å². The highest BCUT2D eigenvalue weighted by molar-refractivity contribution is 7.89. The third kappa shape index (κ3) is 6.17. The first-order valence-corrected chi connectivity index (χ1v) is 8.95. The predicted octanol–water partition coefficient (Wildman–Crippen LogP) is 0.649. The molecule has 0 heterocycles. The molecular weight excluding hydrogens is 342 g/mol. The normalized spacial score (nSPS) is 12.5. The molecule has 9 heteroatoms. The number of sulfonamides is 1. The smallest absolute Gasteiger partial charge is 0.242 e. The molecule has 1 aromatic carbocycles. The van der Waals surface area contributed by atoms with E-state index in [0.29, 0.717) is 6.54 Å². The number of benzene rings is 1. The van der Waals surface area contributed by atoms with E-state index in [4.69, 9.17) is 11.6 Å². The molecule has 0 spiro atoms. The van der Waals surface area contributed by atoms with Crippen molar-refractivity contribution in [3.8, 4) is 0 Å². The quantitative estimate of drug-likeness (QED) is 0.632. The van der Waals surface area contributed by atoms with Crippen molar-refractivity contribution in [2.24, 2.45) is 0 Å². The fourth-order valence-electron chi connectivity index (χ4n) is 1.75. The number of halogens is 1. The lowest BCUT2D eigenvalue weighted by molar-refractivity contribution is -0.128. The summed E-state index contributed by atoms with van der Waals surface area (Å²) in [6.45, 7) is 3.70. The van der Waals surface area contributed by atoms with Crippen LogP contribution in [0.3, 0.4) is 0 Å². The molecule has 3 N–H and O–H groups in total. The van der Waals surface area contributed by atoms with Crippen LogP contribution in [0.5, 0.6) is 0 Å². The van der Waals surface area contributed by atoms with Gasteiger partial charge in [-0.3, -0.25) is 9.59 Å². The Kier molecular flexibility index (Phi) is 7.47. The molecule has 0 aliphatic carbocycles. The van der Waals surface area contributed by atoms with Crippen LogP contribution >= 0.6 is 11.6 Å². The Labute approximate surface area is 140 Å². The Balaban J connectivity index is 2.49. The Hall–Kier alpha value is -1.64. The SMILES string of the molecule is CCNC(=O)[C@H](C)NC(=O)CCNS(=O)(=O)c1ccccc1Cl. The minimum absolute atomic E-state index is 0.0437. The van der Waals surface area contributed by atoms with Crippen molar-refractivity contribution < 1.29 is 18.0 Å². The minimum atomic E-state index is -3.78. The summed E-state index contributed by atoms with van der Waals surface area (Å²) >= 11 is 5.84. The van der Waals surface area contributed by atoms with Gasteiger partial charge in [0.1, 0.15) is 10.9 Å². The van der Waals surface area contributed by atoms with Crippen molar-refractivity contribution in [3.63, 3.8) is 0 Å². The van der Waals surface area contributed by atoms with Gasteiger partial charge in [0.15, 0.2) is 0 Å². The molecule has 0 radical (unpaired) electrons. The van der Waals surface area contributed by atoms with Crippen molar-refractivity contribution in [2.75, 3.05) is 13.1 Å². The van der Waals surface area contributed by atoms with E-state index >= 15 is 0 Å². The van der Waals surface area contributed by atoms with Crippen LogP contribution < -0.4 is 15.4 Å². The third-order valence-corrected chi connectivity index (χ3v) is 4.85. The van der Waals surface area contributed by atoms with Gasteiger partial charge in [-0.2, -0.15) is 0 Å². The Morgan fingerprint density at radius 1 is 1.26 bits per heavy atom. The van der Waals surface area contributed by atoms with Crippen molar-refractivity contribution in [1.29, 1.82) is 0 Å². The topological polar surface area (TPSA) is 104 Å². The van der Waals surface area contributed by atoms with Gasteiger partial charge in [0.05, 0.1) is 5.02 Å². The van der Waals surface area contributed by atoms with E-state index in [1.54, 1.807) is 26.0 Å². The Morgan fingerprint density at radius 2 is 1.91 bits per heavy atom. The maximum atomic E-state index is 12.1. The average molecular weight is 362 g/mol. The standard InChI is InChI=1S/C14H20ClN3O4S/c1-3-16-14(20)10(2)18-13(19)8-9-17-23(21,22)12-7-5-4-6-11(12)15/h4-7,10,17H,3,8-9H2,1-2H3,(H,16,20)(H,18,19)/t10-/m0/s1. The van der Waals surface area contributed by atoms with Gasteiger partial charge in [0.25, 0.3) is 0 Å². The van der Waals surface area contributed by atoms with E-state index in [1.807, 2.05) is 0 Å². The number of nitrogens with one attached hydrogen (secondary N) is 3. The zero-order valence-electron chi connectivity index (χ0n) is 12.9. The molecule has 0 aliphatic rings. The second-order valence-electron chi connectivity index (χ2n) is 4.76. The van der Waals surface area contributed by atoms with E-state index in [-0.39, 0.29) is 28.8 Å². The Morgan fingerprint density at radius 3 is 2.52 bits per heavy atom. The van der Waals surface area contributed by atoms with Gasteiger partial charge in [-0.15, -0.1) is 0 Å². The predicted molar refractivity (Wildman–Crippen MR) is 87.5 cm³/mol. The summed E-state index contributed by atoms with van der Waals surface area (Å²) in [4.78, 5) is 23.1. The summed E-state index contributed by atoms with van der Waals surface area (Å²) in [6, 6.07) is 5.35. The molecule has 0 bridgehead atoms. The van der Waals surface area contributed by atoms with Gasteiger partial charge >= 0.3 is 0 Å². The highest BCUT2D eigenvalue weighted by Crippen LogP contribution is 2.19. The zero-order chi connectivity index (χ0) is 17.5. The van der Waals surface area contributed by atoms with Crippen LogP contribution in [0.15, 0.2) is 29.2 Å². The van der Waals surface area contributed by atoms with Crippen LogP contribution in [0.1, 0.15) is 20.3 Å². The highest BCUT2D eigenvalue weighted by Gasteiger charge is 2.18. The van der Waals surface area contributed by atoms with Crippen molar-refractivity contribution in [1.82, 2.24) is 15.4 Å². The monoisotopic (exact) mass is 361 g/mol. The molecule has 1 atom stereocenters. The number of carbonyl (C=O) groups excluding carboxylic acids is 2. The van der Waals surface area contributed by atoms with Crippen molar-refractivity contribution in [3.05, 3.63) is 29.3 Å². The molecule has 0 unspecified atom stereocenters. The molecular formula is C14H20ClN3O4S. The molecule has 1 rings (SSSR count). The Bertz CT molecular complexity index is 664. The molecule has 0 aliphatic heterocycles. The minimum Gasteiger partial charge on any atom is -0.355 e. The lowest BCUT2D eigenvalue weighted by atomic mass is 10.3. The van der Waals surface area contributed by atoms with Crippen molar-refractivity contribution >= 4 is 33.4 Å². The van der Waals surface area contributed by atoms with Gasteiger partial charge in [-0.1, -0.05) is 23.7 Å². The fourth-order valence-corrected chi connectivity index (χ4v) is 3.30. The van der Waals surface area contributed by atoms with Gasteiger partial charge in [-0.25, -0.2) is 13.1 Å². The summed E-state index contributed by atoms with van der Waals surface area (Å²) in [5.74, 6) is -0.719. The lowest BCUT2D eigenvalue weighted by Crippen LogP contribution is -2.45. The van der Waals surface area contributed by atoms with Gasteiger partial charge < -0.3 is 10.6 Å². The number of carbonyl (C=O) groups is 2. The zero-order valence-corrected chi connectivity index (χ0v) is 14.5. The van der Waals surface area contributed by atoms with E-state index in [9.17, 15) is 18.0 Å². The average Bonchev–Trinajstić information content (AvgIpc) is 2.47. The van der Waals surface area contributed by atoms with Crippen molar-refractivity contribution in [2.45, 2.75) is 31.2 Å². The maximum absolute atomic E-state index is 12.1. The fraction of sp³-hybridized carbons (Fsp3) is 0.429. The van der Waals surface area contributed by atoms with E-state index in [1.165, 1.54) is 12.1 Å². The summed E-state index contributed by atoms with van der Waals surface area (Å²) in [5.41, 5.74) is 0. The lowest BCUT2D eigenvalue weighted by Gasteiger charge is -2.13. The first kappa shape index (κ1) is 19.4. The molecule has 0 saturated carbocycles. The van der Waals surface area contributed by atoms with E-state index in [2.05, 4.69) is 15.4 Å². The van der Waals surface area contributed by atoms with Crippen LogP contribution in [0.2, 0.25) is 5.02 Å². The summed E-state index contributed by atoms with van der Waals surface area (Å²) in [5, 5.41) is 5.17. The third-order valence-electron chi connectivity index (χ3n) is 2.89. The number of hydrogen-bond donors (Lipinski definition) is 3. The molecule has 0 aromatic heterocycles. The molecule has 7 nitrogen and oxygen atoms in total. The highest BCUT2D eigenvalue weighted by atomic mass is 35.5. The van der Waals surface area contributed by atoms with Gasteiger partial charge in [0, 0.05) is 19.5 Å². The summed E-state index contributed by atoms with van der Waals surface area (Å²) in [7, 11) is -3.78. The van der Waals surface area contributed by atoms with Crippen LogP contribution in [0, 0.1) is 0 Å². The molecule has 1 aromatic rings. The number of hydrogen-bond acceptors (Lipinski definition) is 4. The van der Waals surface area contributed by atoms with E-state index < -0.39 is 22.0 Å². The molecule has 2 amide bonds. The number of amides is 2. The van der Waals surface area contributed by atoms with Crippen LogP contribution in [0.25, 0.3) is 0 Å².